The summed E-state index contributed by atoms with van der Waals surface area (Å²) in [5, 5.41) is 8.98. The molecule has 0 radical (unpaired) electrons. The molecule has 4 aliphatic carbocycles. The van der Waals surface area contributed by atoms with E-state index < -0.39 is 5.97 Å². The predicted molar refractivity (Wildman–Crippen MR) is 144 cm³/mol. The Hall–Kier alpha value is -1.06. The third-order valence-corrected chi connectivity index (χ3v) is 11.8. The van der Waals surface area contributed by atoms with Gasteiger partial charge in [-0.1, -0.05) is 66.7 Å². The Morgan fingerprint density at radius 3 is 2.39 bits per heavy atom. The Morgan fingerprint density at radius 1 is 0.889 bits per heavy atom. The third-order valence-electron chi connectivity index (χ3n) is 11.8. The Kier molecular flexibility index (Phi) is 8.82. The Balaban J connectivity index is 1.53. The second kappa shape index (κ2) is 11.4. The minimum atomic E-state index is -0.836. The molecule has 2 unspecified atom stereocenters. The molecule has 0 aromatic carbocycles. The van der Waals surface area contributed by atoms with Crippen molar-refractivity contribution in [3.8, 4) is 0 Å². The monoisotopic (exact) mass is 502 g/mol. The number of carboxylic acids is 1. The minimum absolute atomic E-state index is 0.00186. The molecule has 0 amide bonds. The summed E-state index contributed by atoms with van der Waals surface area (Å²) >= 11 is 0. The highest BCUT2D eigenvalue weighted by molar-refractivity contribution is 5.71. The maximum atomic E-state index is 12.9. The van der Waals surface area contributed by atoms with Gasteiger partial charge in [0.25, 0.3) is 0 Å². The van der Waals surface area contributed by atoms with E-state index in [0.717, 1.165) is 30.1 Å². The van der Waals surface area contributed by atoms with E-state index in [2.05, 4.69) is 34.6 Å². The number of ether oxygens (including phenoxy) is 1. The van der Waals surface area contributed by atoms with Gasteiger partial charge in [-0.25, -0.2) is 0 Å². The topological polar surface area (TPSA) is 63.6 Å². The number of hydrogen-bond donors (Lipinski definition) is 1. The van der Waals surface area contributed by atoms with Gasteiger partial charge in [0.2, 0.25) is 0 Å². The molecule has 4 fully saturated rings. The molecule has 9 atom stereocenters. The fourth-order valence-electron chi connectivity index (χ4n) is 10.1. The molecule has 0 spiro atoms. The number of fused-ring (bicyclic) bond motifs is 5. The zero-order chi connectivity index (χ0) is 26.1. The molecule has 4 aliphatic rings. The minimum Gasteiger partial charge on any atom is -0.481 e. The Morgan fingerprint density at radius 2 is 1.67 bits per heavy atom. The van der Waals surface area contributed by atoms with Crippen molar-refractivity contribution in [2.45, 2.75) is 137 Å². The molecule has 4 nitrogen and oxygen atoms in total. The molecule has 1 N–H and O–H groups in total. The van der Waals surface area contributed by atoms with Crippen LogP contribution in [0.4, 0.5) is 0 Å². The second-order valence-corrected chi connectivity index (χ2v) is 14.3. The number of hydrogen-bond acceptors (Lipinski definition) is 3. The van der Waals surface area contributed by atoms with Crippen LogP contribution in [0.5, 0.6) is 0 Å². The van der Waals surface area contributed by atoms with Gasteiger partial charge in [0.05, 0.1) is 0 Å². The van der Waals surface area contributed by atoms with Crippen LogP contribution in [0.1, 0.15) is 131 Å². The lowest BCUT2D eigenvalue weighted by atomic mass is 9.44. The van der Waals surface area contributed by atoms with Gasteiger partial charge in [0.15, 0.2) is 0 Å². The summed E-state index contributed by atoms with van der Waals surface area (Å²) in [6.07, 6.45) is 16.5. The van der Waals surface area contributed by atoms with Crippen molar-refractivity contribution in [1.29, 1.82) is 0 Å². The van der Waals surface area contributed by atoms with Crippen LogP contribution in [0, 0.1) is 52.3 Å². The van der Waals surface area contributed by atoms with Crippen LogP contribution in [0.2, 0.25) is 0 Å². The third kappa shape index (κ3) is 5.53. The fraction of sp³-hybridized carbons (Fsp3) is 0.938. The molecule has 0 saturated heterocycles. The van der Waals surface area contributed by atoms with E-state index in [0.29, 0.717) is 29.6 Å². The molecule has 0 aromatic rings. The van der Waals surface area contributed by atoms with E-state index in [9.17, 15) is 9.59 Å². The normalized spacial score (nSPS) is 40.7. The molecule has 0 aromatic heterocycles. The predicted octanol–water partition coefficient (Wildman–Crippen LogP) is 8.27. The van der Waals surface area contributed by atoms with E-state index >= 15 is 0 Å². The molecule has 4 rings (SSSR count). The lowest BCUT2D eigenvalue weighted by molar-refractivity contribution is -0.153. The van der Waals surface area contributed by atoms with E-state index in [1.807, 2.05) is 0 Å². The number of carbonyl (C=O) groups is 2. The van der Waals surface area contributed by atoms with Crippen molar-refractivity contribution in [3.63, 3.8) is 0 Å². The summed E-state index contributed by atoms with van der Waals surface area (Å²) in [4.78, 5) is 23.8. The van der Waals surface area contributed by atoms with Crippen molar-refractivity contribution in [2.75, 3.05) is 0 Å². The molecule has 0 heterocycles. The van der Waals surface area contributed by atoms with E-state index in [1.165, 1.54) is 70.6 Å². The number of carboxylic acid groups (broad SMARTS) is 1. The lowest BCUT2D eigenvalue weighted by Crippen LogP contribution is -2.53. The van der Waals surface area contributed by atoms with Gasteiger partial charge in [0.1, 0.15) is 6.10 Å². The zero-order valence-electron chi connectivity index (χ0n) is 23.9. The zero-order valence-corrected chi connectivity index (χ0v) is 23.9. The molecule has 4 heteroatoms. The van der Waals surface area contributed by atoms with Crippen LogP contribution in [-0.2, 0) is 14.3 Å². The SMILES string of the molecule is CC(C)CCC[C@@H](C)[C@H]1C(OC(=O)CCCC(=O)O)C[C@H]2[C@@H]3CCC4CCCC[C@]4(C)[C@H]3CC[C@]12C. The highest BCUT2D eigenvalue weighted by Crippen LogP contribution is 2.68. The van der Waals surface area contributed by atoms with Gasteiger partial charge in [-0.2, -0.15) is 0 Å². The summed E-state index contributed by atoms with van der Waals surface area (Å²) in [5.74, 6) is 3.90. The molecule has 36 heavy (non-hydrogen) atoms. The largest absolute Gasteiger partial charge is 0.481 e. The molecular formula is C32H54O4. The first-order chi connectivity index (χ1) is 17.1. The number of esters is 1. The van der Waals surface area contributed by atoms with Crippen molar-refractivity contribution in [2.24, 2.45) is 52.3 Å². The quantitative estimate of drug-likeness (QED) is 0.305. The highest BCUT2D eigenvalue weighted by atomic mass is 16.5. The molecule has 206 valence electrons. The average molecular weight is 503 g/mol. The fourth-order valence-corrected chi connectivity index (χ4v) is 10.1. The summed E-state index contributed by atoms with van der Waals surface area (Å²) in [6, 6.07) is 0. The van der Waals surface area contributed by atoms with Crippen LogP contribution in [-0.4, -0.2) is 23.1 Å². The first-order valence-electron chi connectivity index (χ1n) is 15.5. The standard InChI is InChI=1S/C32H54O4/c1-21(2)10-8-11-22(3)30-27(36-29(35)14-9-13-28(33)34)20-26-24-16-15-23-12-6-7-18-31(23,4)25(24)17-19-32(26,30)5/h21-27,30H,6-20H2,1-5H3,(H,33,34)/t22-,23?,24-,25+,26+,27?,30+,31+,32+/m1/s1. The van der Waals surface area contributed by atoms with Crippen molar-refractivity contribution >= 4 is 11.9 Å². The van der Waals surface area contributed by atoms with E-state index in [4.69, 9.17) is 9.84 Å². The van der Waals surface area contributed by atoms with Gasteiger partial charge in [0, 0.05) is 18.8 Å². The van der Waals surface area contributed by atoms with Gasteiger partial charge < -0.3 is 9.84 Å². The maximum absolute atomic E-state index is 12.9. The molecule has 0 aliphatic heterocycles. The summed E-state index contributed by atoms with van der Waals surface area (Å²) in [5.41, 5.74) is 0.773. The van der Waals surface area contributed by atoms with Gasteiger partial charge in [-0.15, -0.1) is 0 Å². The van der Waals surface area contributed by atoms with Crippen LogP contribution >= 0.6 is 0 Å². The first-order valence-corrected chi connectivity index (χ1v) is 15.5. The second-order valence-electron chi connectivity index (χ2n) is 14.3. The Labute approximate surface area is 220 Å². The van der Waals surface area contributed by atoms with Gasteiger partial charge in [-0.05, 0) is 97.7 Å². The average Bonchev–Trinajstić information content (AvgIpc) is 3.09. The van der Waals surface area contributed by atoms with Gasteiger partial charge in [-0.3, -0.25) is 9.59 Å². The highest BCUT2D eigenvalue weighted by Gasteiger charge is 2.63. The smallest absolute Gasteiger partial charge is 0.306 e. The maximum Gasteiger partial charge on any atom is 0.306 e. The molecule has 0 bridgehead atoms. The Bertz CT molecular complexity index is 776. The number of aliphatic carboxylic acids is 1. The van der Waals surface area contributed by atoms with Crippen LogP contribution in [0.3, 0.4) is 0 Å². The number of carbonyl (C=O) groups excluding carboxylic acids is 1. The van der Waals surface area contributed by atoms with Crippen LogP contribution in [0.25, 0.3) is 0 Å². The summed E-state index contributed by atoms with van der Waals surface area (Å²) in [6.45, 7) is 12.2. The first kappa shape index (κ1) is 28.0. The molecule has 4 saturated carbocycles. The molecular weight excluding hydrogens is 448 g/mol. The van der Waals surface area contributed by atoms with E-state index in [-0.39, 0.29) is 30.3 Å². The van der Waals surface area contributed by atoms with Crippen molar-refractivity contribution in [1.82, 2.24) is 0 Å². The lowest BCUT2D eigenvalue weighted by Gasteiger charge is -2.60. The van der Waals surface area contributed by atoms with Crippen molar-refractivity contribution < 1.29 is 19.4 Å². The summed E-state index contributed by atoms with van der Waals surface area (Å²) in [7, 11) is 0. The summed E-state index contributed by atoms with van der Waals surface area (Å²) < 4.78 is 6.29. The van der Waals surface area contributed by atoms with Crippen LogP contribution < -0.4 is 0 Å². The number of rotatable bonds is 10. The van der Waals surface area contributed by atoms with Gasteiger partial charge >= 0.3 is 11.9 Å². The van der Waals surface area contributed by atoms with E-state index in [1.54, 1.807) is 0 Å². The van der Waals surface area contributed by atoms with Crippen molar-refractivity contribution in [3.05, 3.63) is 0 Å². The van der Waals surface area contributed by atoms with Crippen LogP contribution in [0.15, 0.2) is 0 Å².